The molecule has 0 aliphatic rings. The van der Waals surface area contributed by atoms with E-state index in [0.29, 0.717) is 5.02 Å². The van der Waals surface area contributed by atoms with Gasteiger partial charge in [0.15, 0.2) is 6.61 Å². The molecule has 0 unspecified atom stereocenters. The monoisotopic (exact) mass is 381 g/mol. The number of ether oxygens (including phenoxy) is 1. The van der Waals surface area contributed by atoms with E-state index < -0.39 is 5.97 Å². The van der Waals surface area contributed by atoms with Crippen molar-refractivity contribution >= 4 is 34.2 Å². The lowest BCUT2D eigenvalue weighted by Crippen LogP contribution is -2.31. The Morgan fingerprint density at radius 1 is 1.00 bits per heavy atom. The Hall–Kier alpha value is -2.85. The number of hydrogen-bond donors (Lipinski definition) is 1. The third-order valence-corrected chi connectivity index (χ3v) is 4.55. The van der Waals surface area contributed by atoms with E-state index in [9.17, 15) is 9.59 Å². The summed E-state index contributed by atoms with van der Waals surface area (Å²) in [5.41, 5.74) is 1.81. The molecule has 0 fully saturated rings. The Morgan fingerprint density at radius 3 is 2.48 bits per heavy atom. The Kier molecular flexibility index (Phi) is 6.09. The van der Waals surface area contributed by atoms with E-state index in [2.05, 4.69) is 5.32 Å². The van der Waals surface area contributed by atoms with Crippen LogP contribution in [-0.2, 0) is 20.7 Å². The Morgan fingerprint density at radius 2 is 1.70 bits per heavy atom. The number of esters is 1. The van der Waals surface area contributed by atoms with Crippen LogP contribution in [0.1, 0.15) is 24.1 Å². The average molecular weight is 382 g/mol. The van der Waals surface area contributed by atoms with Gasteiger partial charge in [-0.25, -0.2) is 0 Å². The molecule has 0 saturated carbocycles. The molecule has 27 heavy (non-hydrogen) atoms. The van der Waals surface area contributed by atoms with Crippen LogP contribution in [0.25, 0.3) is 10.8 Å². The normalized spacial score (nSPS) is 11.8. The second-order valence-electron chi connectivity index (χ2n) is 6.32. The first-order chi connectivity index (χ1) is 13.0. The summed E-state index contributed by atoms with van der Waals surface area (Å²) < 4.78 is 5.08. The van der Waals surface area contributed by atoms with E-state index in [1.54, 1.807) is 24.3 Å². The van der Waals surface area contributed by atoms with E-state index >= 15 is 0 Å². The van der Waals surface area contributed by atoms with Crippen molar-refractivity contribution in [2.75, 3.05) is 6.61 Å². The van der Waals surface area contributed by atoms with Crippen molar-refractivity contribution in [3.63, 3.8) is 0 Å². The third-order valence-electron chi connectivity index (χ3n) is 4.29. The second-order valence-corrected chi connectivity index (χ2v) is 6.76. The molecular formula is C22H20ClNO3. The summed E-state index contributed by atoms with van der Waals surface area (Å²) in [7, 11) is 0. The number of carbonyl (C=O) groups is 2. The van der Waals surface area contributed by atoms with Crippen molar-refractivity contribution in [1.29, 1.82) is 0 Å². The van der Waals surface area contributed by atoms with E-state index in [1.807, 2.05) is 49.4 Å². The number of nitrogens with one attached hydrogen (secondary N) is 1. The fourth-order valence-corrected chi connectivity index (χ4v) is 3.08. The molecule has 1 amide bonds. The van der Waals surface area contributed by atoms with Gasteiger partial charge in [-0.2, -0.15) is 0 Å². The molecule has 138 valence electrons. The quantitative estimate of drug-likeness (QED) is 0.641. The zero-order valence-electron chi connectivity index (χ0n) is 14.9. The van der Waals surface area contributed by atoms with Crippen LogP contribution in [0.2, 0.25) is 5.02 Å². The van der Waals surface area contributed by atoms with E-state index in [1.165, 1.54) is 0 Å². The largest absolute Gasteiger partial charge is 0.455 e. The van der Waals surface area contributed by atoms with Gasteiger partial charge in [0.2, 0.25) is 0 Å². The highest BCUT2D eigenvalue weighted by atomic mass is 35.5. The summed E-state index contributed by atoms with van der Waals surface area (Å²) in [6.45, 7) is 1.61. The summed E-state index contributed by atoms with van der Waals surface area (Å²) in [5.74, 6) is -0.787. The van der Waals surface area contributed by atoms with Gasteiger partial charge in [0.05, 0.1) is 12.5 Å². The van der Waals surface area contributed by atoms with Crippen molar-refractivity contribution < 1.29 is 14.3 Å². The van der Waals surface area contributed by atoms with Gasteiger partial charge in [-0.05, 0) is 41.0 Å². The Labute approximate surface area is 163 Å². The van der Waals surface area contributed by atoms with Gasteiger partial charge in [-0.1, -0.05) is 66.2 Å². The zero-order chi connectivity index (χ0) is 19.2. The summed E-state index contributed by atoms with van der Waals surface area (Å²) >= 11 is 5.82. The SMILES string of the molecule is C[C@@H](NC(=O)COC(=O)Cc1ccc(Cl)cc1)c1cccc2ccccc12. The minimum absolute atomic E-state index is 0.101. The highest BCUT2D eigenvalue weighted by Gasteiger charge is 2.14. The lowest BCUT2D eigenvalue weighted by molar-refractivity contribution is -0.148. The molecule has 0 aliphatic heterocycles. The van der Waals surface area contributed by atoms with Gasteiger partial charge in [0, 0.05) is 5.02 Å². The number of amides is 1. The number of fused-ring (bicyclic) bond motifs is 1. The molecule has 3 aromatic rings. The molecule has 0 heterocycles. The second kappa shape index (κ2) is 8.69. The summed E-state index contributed by atoms with van der Waals surface area (Å²) in [5, 5.41) is 5.69. The lowest BCUT2D eigenvalue weighted by atomic mass is 10.00. The number of benzene rings is 3. The average Bonchev–Trinajstić information content (AvgIpc) is 2.67. The van der Waals surface area contributed by atoms with Gasteiger partial charge < -0.3 is 10.1 Å². The summed E-state index contributed by atoms with van der Waals surface area (Å²) in [6, 6.07) is 20.7. The van der Waals surface area contributed by atoms with Crippen LogP contribution < -0.4 is 5.32 Å². The number of rotatable bonds is 6. The standard InChI is InChI=1S/C22H20ClNO3/c1-15(19-8-4-6-17-5-2-3-7-20(17)19)24-21(25)14-27-22(26)13-16-9-11-18(23)12-10-16/h2-12,15H,13-14H2,1H3,(H,24,25)/t15-/m1/s1. The van der Waals surface area contributed by atoms with Crippen LogP contribution in [0.15, 0.2) is 66.7 Å². The molecule has 0 radical (unpaired) electrons. The van der Waals surface area contributed by atoms with Crippen LogP contribution >= 0.6 is 11.6 Å². The van der Waals surface area contributed by atoms with Crippen LogP contribution in [0, 0.1) is 0 Å². The molecule has 3 rings (SSSR count). The van der Waals surface area contributed by atoms with Crippen LogP contribution in [0.4, 0.5) is 0 Å². The molecule has 5 heteroatoms. The fourth-order valence-electron chi connectivity index (χ4n) is 2.95. The van der Waals surface area contributed by atoms with Crippen molar-refractivity contribution in [3.05, 3.63) is 82.9 Å². The highest BCUT2D eigenvalue weighted by Crippen LogP contribution is 2.23. The minimum Gasteiger partial charge on any atom is -0.455 e. The maximum Gasteiger partial charge on any atom is 0.310 e. The molecule has 4 nitrogen and oxygen atoms in total. The lowest BCUT2D eigenvalue weighted by Gasteiger charge is -2.16. The predicted molar refractivity (Wildman–Crippen MR) is 107 cm³/mol. The first-order valence-corrected chi connectivity index (χ1v) is 9.08. The minimum atomic E-state index is -0.453. The predicted octanol–water partition coefficient (Wildman–Crippen LogP) is 4.46. The van der Waals surface area contributed by atoms with Gasteiger partial charge in [0.1, 0.15) is 0 Å². The smallest absolute Gasteiger partial charge is 0.310 e. The summed E-state index contributed by atoms with van der Waals surface area (Å²) in [4.78, 5) is 24.1. The molecule has 1 N–H and O–H groups in total. The maximum absolute atomic E-state index is 12.2. The molecule has 0 aromatic heterocycles. The van der Waals surface area contributed by atoms with Crippen LogP contribution in [0.5, 0.6) is 0 Å². The number of halogens is 1. The molecule has 3 aromatic carbocycles. The number of carbonyl (C=O) groups excluding carboxylic acids is 2. The molecule has 0 saturated heterocycles. The van der Waals surface area contributed by atoms with Crippen LogP contribution in [-0.4, -0.2) is 18.5 Å². The van der Waals surface area contributed by atoms with Gasteiger partial charge in [-0.15, -0.1) is 0 Å². The van der Waals surface area contributed by atoms with Crippen molar-refractivity contribution in [2.24, 2.45) is 0 Å². The number of hydrogen-bond acceptors (Lipinski definition) is 3. The van der Waals surface area contributed by atoms with Crippen molar-refractivity contribution in [2.45, 2.75) is 19.4 Å². The molecular weight excluding hydrogens is 362 g/mol. The molecule has 0 aliphatic carbocycles. The summed E-state index contributed by atoms with van der Waals surface area (Å²) in [6.07, 6.45) is 0.101. The van der Waals surface area contributed by atoms with E-state index in [0.717, 1.165) is 21.9 Å². The van der Waals surface area contributed by atoms with Gasteiger partial charge in [-0.3, -0.25) is 9.59 Å². The Bertz CT molecular complexity index is 948. The van der Waals surface area contributed by atoms with Gasteiger partial charge in [0.25, 0.3) is 5.91 Å². The zero-order valence-corrected chi connectivity index (χ0v) is 15.7. The topological polar surface area (TPSA) is 55.4 Å². The maximum atomic E-state index is 12.2. The van der Waals surface area contributed by atoms with Crippen molar-refractivity contribution in [1.82, 2.24) is 5.32 Å². The van der Waals surface area contributed by atoms with Crippen LogP contribution in [0.3, 0.4) is 0 Å². The first-order valence-electron chi connectivity index (χ1n) is 8.70. The fraction of sp³-hybridized carbons (Fsp3) is 0.182. The molecule has 1 atom stereocenters. The third kappa shape index (κ3) is 5.08. The van der Waals surface area contributed by atoms with Gasteiger partial charge >= 0.3 is 5.97 Å². The molecule has 0 spiro atoms. The molecule has 0 bridgehead atoms. The highest BCUT2D eigenvalue weighted by molar-refractivity contribution is 6.30. The van der Waals surface area contributed by atoms with E-state index in [-0.39, 0.29) is 25.0 Å². The van der Waals surface area contributed by atoms with E-state index in [4.69, 9.17) is 16.3 Å². The first kappa shape index (κ1) is 18.9. The Balaban J connectivity index is 1.54. The van der Waals surface area contributed by atoms with Crippen molar-refractivity contribution in [3.8, 4) is 0 Å².